The molecule has 8 heteroatoms. The van der Waals surface area contributed by atoms with Crippen molar-refractivity contribution in [1.82, 2.24) is 4.98 Å². The summed E-state index contributed by atoms with van der Waals surface area (Å²) in [4.78, 5) is 30.1. The summed E-state index contributed by atoms with van der Waals surface area (Å²) in [5.74, 6) is 0.0474. The number of ether oxygens (including phenoxy) is 1. The van der Waals surface area contributed by atoms with Gasteiger partial charge in [-0.25, -0.2) is 4.98 Å². The molecule has 0 atom stereocenters. The number of nitrogens with one attached hydrogen (secondary N) is 2. The molecule has 32 heavy (non-hydrogen) atoms. The summed E-state index contributed by atoms with van der Waals surface area (Å²) in [6.07, 6.45) is 0. The van der Waals surface area contributed by atoms with E-state index in [0.717, 1.165) is 16.8 Å². The molecule has 0 bridgehead atoms. The number of benzene rings is 2. The molecule has 0 aliphatic rings. The average molecular weight is 470 g/mol. The summed E-state index contributed by atoms with van der Waals surface area (Å²) in [6, 6.07) is 14.4. The van der Waals surface area contributed by atoms with Gasteiger partial charge in [0.05, 0.1) is 24.1 Å². The first-order valence-electron chi connectivity index (χ1n) is 9.89. The fourth-order valence-corrected chi connectivity index (χ4v) is 4.23. The lowest BCUT2D eigenvalue weighted by molar-refractivity contribution is -0.113. The average Bonchev–Trinajstić information content (AvgIpc) is 2.73. The van der Waals surface area contributed by atoms with Gasteiger partial charge in [-0.3, -0.25) is 9.59 Å². The maximum Gasteiger partial charge on any atom is 0.258 e. The second-order valence-electron chi connectivity index (χ2n) is 7.26. The minimum Gasteiger partial charge on any atom is -0.495 e. The molecule has 0 unspecified atom stereocenters. The van der Waals surface area contributed by atoms with Crippen LogP contribution < -0.4 is 15.4 Å². The Kier molecular flexibility index (Phi) is 7.77. The van der Waals surface area contributed by atoms with Crippen LogP contribution in [-0.4, -0.2) is 29.7 Å². The van der Waals surface area contributed by atoms with Crippen molar-refractivity contribution in [2.45, 2.75) is 25.8 Å². The van der Waals surface area contributed by atoms with Crippen molar-refractivity contribution in [3.63, 3.8) is 0 Å². The van der Waals surface area contributed by atoms with Gasteiger partial charge in [0, 0.05) is 16.4 Å². The predicted octanol–water partition coefficient (Wildman–Crippen LogP) is 5.65. The number of aromatic nitrogens is 1. The van der Waals surface area contributed by atoms with Gasteiger partial charge in [-0.1, -0.05) is 41.1 Å². The van der Waals surface area contributed by atoms with E-state index in [9.17, 15) is 9.59 Å². The fourth-order valence-electron chi connectivity index (χ4n) is 3.11. The normalized spacial score (nSPS) is 10.5. The van der Waals surface area contributed by atoms with E-state index in [1.54, 1.807) is 18.2 Å². The molecular formula is C24H24ClN3O3S. The molecule has 2 amide bonds. The molecule has 0 radical (unpaired) electrons. The van der Waals surface area contributed by atoms with Gasteiger partial charge in [-0.05, 0) is 62.7 Å². The Morgan fingerprint density at radius 1 is 1.03 bits per heavy atom. The third kappa shape index (κ3) is 6.02. The number of anilines is 2. The van der Waals surface area contributed by atoms with Crippen LogP contribution in [0.1, 0.15) is 27.2 Å². The summed E-state index contributed by atoms with van der Waals surface area (Å²) in [5.41, 5.74) is 4.30. The van der Waals surface area contributed by atoms with Crippen LogP contribution >= 0.6 is 23.4 Å². The van der Waals surface area contributed by atoms with Crippen LogP contribution in [0.5, 0.6) is 5.75 Å². The van der Waals surface area contributed by atoms with Gasteiger partial charge < -0.3 is 15.4 Å². The van der Waals surface area contributed by atoms with Gasteiger partial charge in [-0.2, -0.15) is 0 Å². The van der Waals surface area contributed by atoms with E-state index in [-0.39, 0.29) is 17.6 Å². The lowest BCUT2D eigenvalue weighted by Crippen LogP contribution is -2.18. The number of amides is 2. The van der Waals surface area contributed by atoms with Crippen molar-refractivity contribution >= 4 is 46.6 Å². The Hall–Kier alpha value is -3.03. The summed E-state index contributed by atoms with van der Waals surface area (Å²) in [7, 11) is 1.52. The standard InChI is InChI=1S/C24H24ClN3O3S/c1-14-5-8-18(9-6-14)27-23(30)22-15(2)11-16(3)26-24(22)32-13-21(29)28-19-12-17(25)7-10-20(19)31-4/h5-12H,13H2,1-4H3,(H,27,30)(H,28,29). The van der Waals surface area contributed by atoms with Crippen molar-refractivity contribution in [2.75, 3.05) is 23.5 Å². The molecule has 1 heterocycles. The van der Waals surface area contributed by atoms with E-state index >= 15 is 0 Å². The Morgan fingerprint density at radius 3 is 2.44 bits per heavy atom. The van der Waals surface area contributed by atoms with Crippen molar-refractivity contribution in [3.05, 3.63) is 75.9 Å². The first-order valence-corrected chi connectivity index (χ1v) is 11.3. The molecule has 6 nitrogen and oxygen atoms in total. The van der Waals surface area contributed by atoms with Crippen LogP contribution in [0, 0.1) is 20.8 Å². The largest absolute Gasteiger partial charge is 0.495 e. The van der Waals surface area contributed by atoms with Crippen molar-refractivity contribution in [3.8, 4) is 5.75 Å². The van der Waals surface area contributed by atoms with E-state index in [1.807, 2.05) is 51.1 Å². The van der Waals surface area contributed by atoms with E-state index in [4.69, 9.17) is 16.3 Å². The monoisotopic (exact) mass is 469 g/mol. The van der Waals surface area contributed by atoms with Crippen LogP contribution in [0.15, 0.2) is 53.6 Å². The maximum atomic E-state index is 13.0. The molecule has 0 fully saturated rings. The van der Waals surface area contributed by atoms with Crippen LogP contribution in [0.3, 0.4) is 0 Å². The zero-order chi connectivity index (χ0) is 23.3. The molecule has 0 saturated carbocycles. The Balaban J connectivity index is 1.76. The summed E-state index contributed by atoms with van der Waals surface area (Å²) < 4.78 is 5.26. The number of halogens is 1. The lowest BCUT2D eigenvalue weighted by Gasteiger charge is -2.14. The second kappa shape index (κ2) is 10.5. The minimum absolute atomic E-state index is 0.0658. The number of thioether (sulfide) groups is 1. The number of nitrogens with zero attached hydrogens (tertiary/aromatic N) is 1. The highest BCUT2D eigenvalue weighted by Crippen LogP contribution is 2.29. The quantitative estimate of drug-likeness (QED) is 0.437. The van der Waals surface area contributed by atoms with Gasteiger partial charge in [0.1, 0.15) is 10.8 Å². The molecule has 166 valence electrons. The molecule has 0 aliphatic heterocycles. The summed E-state index contributed by atoms with van der Waals surface area (Å²) in [6.45, 7) is 5.70. The molecule has 0 aliphatic carbocycles. The highest BCUT2D eigenvalue weighted by Gasteiger charge is 2.19. The highest BCUT2D eigenvalue weighted by molar-refractivity contribution is 8.00. The van der Waals surface area contributed by atoms with Gasteiger partial charge in [0.2, 0.25) is 5.91 Å². The first-order chi connectivity index (χ1) is 15.3. The van der Waals surface area contributed by atoms with Crippen molar-refractivity contribution < 1.29 is 14.3 Å². The molecule has 2 aromatic carbocycles. The van der Waals surface area contributed by atoms with Gasteiger partial charge in [0.15, 0.2) is 0 Å². The van der Waals surface area contributed by atoms with Crippen LogP contribution in [0.25, 0.3) is 0 Å². The summed E-state index contributed by atoms with van der Waals surface area (Å²) >= 11 is 7.23. The van der Waals surface area contributed by atoms with Crippen LogP contribution in [0.2, 0.25) is 5.02 Å². The Bertz CT molecular complexity index is 1150. The number of pyridine rings is 1. The van der Waals surface area contributed by atoms with Crippen molar-refractivity contribution in [2.24, 2.45) is 0 Å². The van der Waals surface area contributed by atoms with E-state index in [1.165, 1.54) is 18.9 Å². The molecule has 0 spiro atoms. The zero-order valence-corrected chi connectivity index (χ0v) is 19.9. The van der Waals surface area contributed by atoms with Crippen LogP contribution in [-0.2, 0) is 4.79 Å². The highest BCUT2D eigenvalue weighted by atomic mass is 35.5. The van der Waals surface area contributed by atoms with E-state index in [0.29, 0.717) is 32.7 Å². The van der Waals surface area contributed by atoms with Gasteiger partial charge in [0.25, 0.3) is 5.91 Å². The van der Waals surface area contributed by atoms with Gasteiger partial charge in [-0.15, -0.1) is 0 Å². The number of rotatable bonds is 7. The fraction of sp³-hybridized carbons (Fsp3) is 0.208. The van der Waals surface area contributed by atoms with E-state index in [2.05, 4.69) is 15.6 Å². The number of carbonyl (C=O) groups excluding carboxylic acids is 2. The molecule has 1 aromatic heterocycles. The predicted molar refractivity (Wildman–Crippen MR) is 130 cm³/mol. The van der Waals surface area contributed by atoms with Crippen molar-refractivity contribution in [1.29, 1.82) is 0 Å². The third-order valence-corrected chi connectivity index (χ3v) is 5.83. The van der Waals surface area contributed by atoms with Gasteiger partial charge >= 0.3 is 0 Å². The maximum absolute atomic E-state index is 13.0. The topological polar surface area (TPSA) is 80.3 Å². The van der Waals surface area contributed by atoms with Crippen LogP contribution in [0.4, 0.5) is 11.4 Å². The third-order valence-electron chi connectivity index (χ3n) is 4.62. The van der Waals surface area contributed by atoms with E-state index < -0.39 is 0 Å². The smallest absolute Gasteiger partial charge is 0.258 e. The number of aryl methyl sites for hydroxylation is 3. The number of carbonyl (C=O) groups is 2. The minimum atomic E-state index is -0.265. The molecule has 2 N–H and O–H groups in total. The number of hydrogen-bond donors (Lipinski definition) is 2. The lowest BCUT2D eigenvalue weighted by atomic mass is 10.1. The molecule has 0 saturated heterocycles. The number of hydrogen-bond acceptors (Lipinski definition) is 5. The SMILES string of the molecule is COc1ccc(Cl)cc1NC(=O)CSc1nc(C)cc(C)c1C(=O)Nc1ccc(C)cc1. The zero-order valence-electron chi connectivity index (χ0n) is 18.3. The first kappa shape index (κ1) is 23.6. The second-order valence-corrected chi connectivity index (χ2v) is 8.66. The molecule has 3 aromatic rings. The Labute approximate surface area is 196 Å². The molecular weight excluding hydrogens is 446 g/mol. The summed E-state index contributed by atoms with van der Waals surface area (Å²) in [5, 5.41) is 6.70. The number of methoxy groups -OCH3 is 1. The molecule has 3 rings (SSSR count). The Morgan fingerprint density at radius 2 is 1.75 bits per heavy atom.